The van der Waals surface area contributed by atoms with Gasteiger partial charge >= 0.3 is 0 Å². The number of rotatable bonds is 7. The van der Waals surface area contributed by atoms with Crippen LogP contribution in [0.15, 0.2) is 77.2 Å². The predicted octanol–water partition coefficient (Wildman–Crippen LogP) is 5.05. The molecule has 1 aliphatic heterocycles. The number of fused-ring (bicyclic) bond motifs is 1. The number of hydrogen-bond donors (Lipinski definition) is 2. The summed E-state index contributed by atoms with van der Waals surface area (Å²) in [6.45, 7) is 0.164. The first-order chi connectivity index (χ1) is 16.7. The van der Waals surface area contributed by atoms with Crippen LogP contribution >= 0.6 is 11.3 Å². The maximum absolute atomic E-state index is 12.5. The van der Waals surface area contributed by atoms with Gasteiger partial charge < -0.3 is 19.5 Å². The molecule has 0 fully saturated rings. The fraction of sp³-hybridized carbons (Fsp3) is 0.0800. The number of carbonyl (C=O) groups is 1. The normalized spacial score (nSPS) is 12.0. The highest BCUT2D eigenvalue weighted by molar-refractivity contribution is 7.14. The number of methoxy groups -OCH3 is 1. The Morgan fingerprint density at radius 3 is 2.62 bits per heavy atom. The van der Waals surface area contributed by atoms with Crippen LogP contribution in [0.1, 0.15) is 15.9 Å². The van der Waals surface area contributed by atoms with Crippen LogP contribution in [0.4, 0.5) is 10.8 Å². The quantitative estimate of drug-likeness (QED) is 0.289. The van der Waals surface area contributed by atoms with Crippen LogP contribution in [-0.2, 0) is 0 Å². The molecule has 0 unspecified atom stereocenters. The third-order valence-corrected chi connectivity index (χ3v) is 5.82. The minimum absolute atomic E-state index is 0.164. The maximum Gasteiger partial charge on any atom is 0.271 e. The first kappa shape index (κ1) is 21.5. The van der Waals surface area contributed by atoms with E-state index in [4.69, 9.17) is 14.2 Å². The van der Waals surface area contributed by atoms with Crippen molar-refractivity contribution in [1.82, 2.24) is 10.4 Å². The van der Waals surface area contributed by atoms with Crippen molar-refractivity contribution in [2.75, 3.05) is 19.2 Å². The van der Waals surface area contributed by atoms with Gasteiger partial charge in [-0.15, -0.1) is 11.3 Å². The number of anilines is 2. The van der Waals surface area contributed by atoms with Crippen LogP contribution < -0.4 is 25.0 Å². The zero-order valence-corrected chi connectivity index (χ0v) is 19.0. The minimum Gasteiger partial charge on any atom is -0.496 e. The molecule has 0 radical (unpaired) electrons. The van der Waals surface area contributed by atoms with E-state index in [-0.39, 0.29) is 12.7 Å². The van der Waals surface area contributed by atoms with Gasteiger partial charge in [0.15, 0.2) is 16.6 Å². The molecule has 0 saturated heterocycles. The summed E-state index contributed by atoms with van der Waals surface area (Å²) in [6, 6.07) is 20.6. The number of nitrogens with zero attached hydrogens (tertiary/aromatic N) is 2. The highest BCUT2D eigenvalue weighted by Crippen LogP contribution is 2.37. The summed E-state index contributed by atoms with van der Waals surface area (Å²) in [5.41, 5.74) is 6.48. The molecule has 1 aromatic heterocycles. The van der Waals surface area contributed by atoms with Crippen molar-refractivity contribution < 1.29 is 19.0 Å². The second-order valence-corrected chi connectivity index (χ2v) is 8.11. The van der Waals surface area contributed by atoms with Crippen LogP contribution in [-0.4, -0.2) is 31.0 Å². The van der Waals surface area contributed by atoms with E-state index in [1.54, 1.807) is 31.4 Å². The SMILES string of the molecule is COc1cc2c(cc1/C=N\NC(=O)c1ccc(Nc3nc(-c4ccccc4)cs3)cc1)OCO2. The molecule has 4 aromatic rings. The summed E-state index contributed by atoms with van der Waals surface area (Å²) in [7, 11) is 1.55. The molecular weight excluding hydrogens is 452 g/mol. The van der Waals surface area contributed by atoms with Crippen LogP contribution in [0.25, 0.3) is 11.3 Å². The van der Waals surface area contributed by atoms with Crippen LogP contribution in [0.5, 0.6) is 17.2 Å². The average Bonchev–Trinajstić information content (AvgIpc) is 3.53. The van der Waals surface area contributed by atoms with Gasteiger partial charge in [0.1, 0.15) is 5.75 Å². The van der Waals surface area contributed by atoms with E-state index in [1.807, 2.05) is 47.8 Å². The molecule has 0 bridgehead atoms. The molecule has 1 aliphatic rings. The molecule has 3 aromatic carbocycles. The van der Waals surface area contributed by atoms with E-state index >= 15 is 0 Å². The molecule has 8 nitrogen and oxygen atoms in total. The summed E-state index contributed by atoms with van der Waals surface area (Å²) in [5.74, 6) is 1.45. The van der Waals surface area contributed by atoms with Gasteiger partial charge in [0.2, 0.25) is 6.79 Å². The molecule has 2 N–H and O–H groups in total. The van der Waals surface area contributed by atoms with Gasteiger partial charge in [0.25, 0.3) is 5.91 Å². The Bertz CT molecular complexity index is 1340. The topological polar surface area (TPSA) is 94.1 Å². The van der Waals surface area contributed by atoms with Crippen LogP contribution in [0, 0.1) is 0 Å². The number of thiazole rings is 1. The van der Waals surface area contributed by atoms with Gasteiger partial charge in [-0.3, -0.25) is 4.79 Å². The number of benzene rings is 3. The summed E-state index contributed by atoms with van der Waals surface area (Å²) >= 11 is 1.52. The van der Waals surface area contributed by atoms with E-state index in [9.17, 15) is 4.79 Å². The van der Waals surface area contributed by atoms with Gasteiger partial charge in [-0.1, -0.05) is 30.3 Å². The highest BCUT2D eigenvalue weighted by Gasteiger charge is 2.17. The van der Waals surface area contributed by atoms with Crippen molar-refractivity contribution >= 4 is 34.3 Å². The lowest BCUT2D eigenvalue weighted by Crippen LogP contribution is -2.17. The summed E-state index contributed by atoms with van der Waals surface area (Å²) in [6.07, 6.45) is 1.50. The number of carbonyl (C=O) groups excluding carboxylic acids is 1. The zero-order chi connectivity index (χ0) is 23.3. The number of ether oxygens (including phenoxy) is 3. The van der Waals surface area contributed by atoms with Crippen molar-refractivity contribution in [3.05, 3.63) is 83.2 Å². The van der Waals surface area contributed by atoms with Crippen molar-refractivity contribution in [3.63, 3.8) is 0 Å². The smallest absolute Gasteiger partial charge is 0.271 e. The number of hydrazone groups is 1. The fourth-order valence-corrected chi connectivity index (χ4v) is 4.08. The van der Waals surface area contributed by atoms with Crippen molar-refractivity contribution in [2.24, 2.45) is 5.10 Å². The van der Waals surface area contributed by atoms with Gasteiger partial charge in [0, 0.05) is 33.8 Å². The van der Waals surface area contributed by atoms with Crippen LogP contribution in [0.3, 0.4) is 0 Å². The lowest BCUT2D eigenvalue weighted by atomic mass is 10.2. The first-order valence-electron chi connectivity index (χ1n) is 10.4. The third-order valence-electron chi connectivity index (χ3n) is 5.07. The largest absolute Gasteiger partial charge is 0.496 e. The van der Waals surface area contributed by atoms with Gasteiger partial charge in [0.05, 0.1) is 19.0 Å². The molecule has 0 atom stereocenters. The van der Waals surface area contributed by atoms with E-state index < -0.39 is 0 Å². The second kappa shape index (κ2) is 9.63. The summed E-state index contributed by atoms with van der Waals surface area (Å²) in [5, 5.41) is 10.1. The summed E-state index contributed by atoms with van der Waals surface area (Å²) in [4.78, 5) is 17.1. The lowest BCUT2D eigenvalue weighted by molar-refractivity contribution is 0.0955. The first-order valence-corrected chi connectivity index (χ1v) is 11.3. The molecule has 0 spiro atoms. The predicted molar refractivity (Wildman–Crippen MR) is 131 cm³/mol. The van der Waals surface area contributed by atoms with E-state index in [0.29, 0.717) is 28.4 Å². The molecule has 0 saturated carbocycles. The van der Waals surface area contributed by atoms with E-state index in [0.717, 1.165) is 22.1 Å². The Morgan fingerprint density at radius 1 is 1.09 bits per heavy atom. The van der Waals surface area contributed by atoms with Gasteiger partial charge in [-0.25, -0.2) is 10.4 Å². The van der Waals surface area contributed by atoms with E-state index in [1.165, 1.54) is 17.6 Å². The number of aromatic nitrogens is 1. The number of amides is 1. The minimum atomic E-state index is -0.330. The highest BCUT2D eigenvalue weighted by atomic mass is 32.1. The molecule has 2 heterocycles. The Morgan fingerprint density at radius 2 is 1.85 bits per heavy atom. The molecular formula is C25H20N4O4S. The monoisotopic (exact) mass is 472 g/mol. The number of hydrogen-bond acceptors (Lipinski definition) is 8. The Labute approximate surface area is 199 Å². The maximum atomic E-state index is 12.5. The van der Waals surface area contributed by atoms with Crippen molar-refractivity contribution in [1.29, 1.82) is 0 Å². The van der Waals surface area contributed by atoms with E-state index in [2.05, 4.69) is 20.8 Å². The summed E-state index contributed by atoms with van der Waals surface area (Å²) < 4.78 is 16.1. The van der Waals surface area contributed by atoms with Gasteiger partial charge in [-0.05, 0) is 30.3 Å². The molecule has 170 valence electrons. The lowest BCUT2D eigenvalue weighted by Gasteiger charge is -2.06. The molecule has 5 rings (SSSR count). The fourth-order valence-electron chi connectivity index (χ4n) is 3.34. The Kier molecular flexibility index (Phi) is 6.09. The average molecular weight is 473 g/mol. The van der Waals surface area contributed by atoms with Crippen LogP contribution in [0.2, 0.25) is 0 Å². The Hall–Kier alpha value is -4.37. The van der Waals surface area contributed by atoms with Crippen molar-refractivity contribution in [2.45, 2.75) is 0 Å². The van der Waals surface area contributed by atoms with Gasteiger partial charge in [-0.2, -0.15) is 5.10 Å². The number of nitrogens with one attached hydrogen (secondary N) is 2. The molecule has 0 aliphatic carbocycles. The van der Waals surface area contributed by atoms with Crippen molar-refractivity contribution in [3.8, 4) is 28.5 Å². The Balaban J connectivity index is 1.20. The second-order valence-electron chi connectivity index (χ2n) is 7.25. The molecule has 9 heteroatoms. The molecule has 34 heavy (non-hydrogen) atoms. The standard InChI is InChI=1S/C25H20N4O4S/c1-31-21-12-23-22(32-15-33-23)11-18(21)13-26-29-24(30)17-7-9-19(10-8-17)27-25-28-20(14-34-25)16-5-3-2-4-6-16/h2-14H,15H2,1H3,(H,27,28)(H,29,30)/b26-13-. The molecule has 1 amide bonds. The zero-order valence-electron chi connectivity index (χ0n) is 18.1. The third kappa shape index (κ3) is 4.69.